The van der Waals surface area contributed by atoms with Gasteiger partial charge in [-0.3, -0.25) is 0 Å². The largest absolute Gasteiger partial charge is 0.497 e. The van der Waals surface area contributed by atoms with E-state index in [-0.39, 0.29) is 18.8 Å². The molecule has 0 aromatic heterocycles. The maximum absolute atomic E-state index is 13.5. The average Bonchev–Trinajstić information content (AvgIpc) is 2.58. The van der Waals surface area contributed by atoms with E-state index >= 15 is 0 Å². The molecule has 0 aliphatic heterocycles. The summed E-state index contributed by atoms with van der Waals surface area (Å²) in [5.74, 6) is 0.0292. The van der Waals surface area contributed by atoms with Crippen molar-refractivity contribution in [2.24, 2.45) is 0 Å². The minimum absolute atomic E-state index is 0.206. The van der Waals surface area contributed by atoms with Gasteiger partial charge in [0, 0.05) is 13.1 Å². The van der Waals surface area contributed by atoms with Crippen LogP contribution in [0.4, 0.5) is 19.3 Å². The van der Waals surface area contributed by atoms with Gasteiger partial charge < -0.3 is 19.7 Å². The van der Waals surface area contributed by atoms with Crippen LogP contribution in [0, 0.1) is 11.6 Å². The van der Waals surface area contributed by atoms with Crippen LogP contribution in [0.5, 0.6) is 11.5 Å². The van der Waals surface area contributed by atoms with Crippen molar-refractivity contribution in [1.29, 1.82) is 0 Å². The lowest BCUT2D eigenvalue weighted by Crippen LogP contribution is -2.34. The Morgan fingerprint density at radius 1 is 1.12 bits per heavy atom. The molecule has 5 nitrogen and oxygen atoms in total. The predicted molar refractivity (Wildman–Crippen MR) is 86.5 cm³/mol. The Bertz CT molecular complexity index is 693. The van der Waals surface area contributed by atoms with E-state index in [4.69, 9.17) is 9.47 Å². The number of rotatable bonds is 6. The minimum atomic E-state index is -0.701. The third-order valence-corrected chi connectivity index (χ3v) is 3.27. The molecule has 2 aromatic carbocycles. The summed E-state index contributed by atoms with van der Waals surface area (Å²) in [5.41, 5.74) is -0.206. The van der Waals surface area contributed by atoms with Crippen molar-refractivity contribution in [3.8, 4) is 11.5 Å². The number of urea groups is 1. The van der Waals surface area contributed by atoms with Gasteiger partial charge in [-0.25, -0.2) is 13.6 Å². The summed E-state index contributed by atoms with van der Waals surface area (Å²) in [4.78, 5) is 13.3. The van der Waals surface area contributed by atoms with E-state index in [9.17, 15) is 13.6 Å². The van der Waals surface area contributed by atoms with Gasteiger partial charge in [-0.15, -0.1) is 0 Å². The molecular weight excluding hydrogens is 318 g/mol. The fourth-order valence-corrected chi connectivity index (χ4v) is 1.88. The number of ether oxygens (including phenoxy) is 2. The number of carbonyl (C=O) groups excluding carboxylic acids is 1. The standard InChI is InChI=1S/C17H18F2N2O3/c1-21(9-10-24-14-6-4-13(23-2)5-7-14)17(22)20-16-11-12(18)3-8-15(16)19/h3-8,11H,9-10H2,1-2H3,(H,20,22). The average molecular weight is 336 g/mol. The van der Waals surface area contributed by atoms with Crippen molar-refractivity contribution in [1.82, 2.24) is 4.90 Å². The zero-order valence-electron chi connectivity index (χ0n) is 13.4. The zero-order valence-corrected chi connectivity index (χ0v) is 13.4. The van der Waals surface area contributed by atoms with Gasteiger partial charge in [0.05, 0.1) is 19.3 Å². The lowest BCUT2D eigenvalue weighted by Gasteiger charge is -2.18. The van der Waals surface area contributed by atoms with E-state index in [0.717, 1.165) is 23.9 Å². The van der Waals surface area contributed by atoms with Gasteiger partial charge in [-0.1, -0.05) is 0 Å². The summed E-state index contributed by atoms with van der Waals surface area (Å²) >= 11 is 0. The van der Waals surface area contributed by atoms with Crippen LogP contribution < -0.4 is 14.8 Å². The van der Waals surface area contributed by atoms with E-state index in [1.807, 2.05) is 0 Å². The molecule has 1 N–H and O–H groups in total. The van der Waals surface area contributed by atoms with Crippen LogP contribution in [0.3, 0.4) is 0 Å². The van der Waals surface area contributed by atoms with Crippen molar-refractivity contribution in [2.75, 3.05) is 32.6 Å². The molecule has 0 atom stereocenters. The molecule has 0 aliphatic rings. The summed E-state index contributed by atoms with van der Waals surface area (Å²) in [6.45, 7) is 0.524. The highest BCUT2D eigenvalue weighted by molar-refractivity contribution is 5.89. The first kappa shape index (κ1) is 17.5. The van der Waals surface area contributed by atoms with Gasteiger partial charge in [0.15, 0.2) is 0 Å². The lowest BCUT2D eigenvalue weighted by molar-refractivity contribution is 0.207. The first-order chi connectivity index (χ1) is 11.5. The number of amides is 2. The van der Waals surface area contributed by atoms with Crippen molar-refractivity contribution in [3.05, 3.63) is 54.1 Å². The van der Waals surface area contributed by atoms with Crippen LogP contribution in [0.15, 0.2) is 42.5 Å². The van der Waals surface area contributed by atoms with Crippen LogP contribution >= 0.6 is 0 Å². The van der Waals surface area contributed by atoms with Crippen molar-refractivity contribution >= 4 is 11.7 Å². The number of nitrogens with one attached hydrogen (secondary N) is 1. The maximum atomic E-state index is 13.5. The summed E-state index contributed by atoms with van der Waals surface area (Å²) in [7, 11) is 3.11. The predicted octanol–water partition coefficient (Wildman–Crippen LogP) is 3.52. The molecule has 0 aliphatic carbocycles. The Balaban J connectivity index is 1.81. The summed E-state index contributed by atoms with van der Waals surface area (Å²) in [6, 6.07) is 9.33. The number of hydrogen-bond donors (Lipinski definition) is 1. The van der Waals surface area contributed by atoms with Crippen LogP contribution in [-0.2, 0) is 0 Å². The fourth-order valence-electron chi connectivity index (χ4n) is 1.88. The summed E-state index contributed by atoms with van der Waals surface area (Å²) in [5, 5.41) is 2.31. The first-order valence-electron chi connectivity index (χ1n) is 7.23. The Kier molecular flexibility index (Phi) is 5.95. The molecule has 0 fully saturated rings. The molecule has 0 spiro atoms. The van der Waals surface area contributed by atoms with E-state index < -0.39 is 17.7 Å². The molecule has 2 rings (SSSR count). The van der Waals surface area contributed by atoms with Crippen molar-refractivity contribution < 1.29 is 23.0 Å². The van der Waals surface area contributed by atoms with Crippen molar-refractivity contribution in [3.63, 3.8) is 0 Å². The number of likely N-dealkylation sites (N-methyl/N-ethyl adjacent to an activating group) is 1. The highest BCUT2D eigenvalue weighted by Crippen LogP contribution is 2.17. The van der Waals surface area contributed by atoms with Gasteiger partial charge in [0.1, 0.15) is 29.7 Å². The second-order valence-electron chi connectivity index (χ2n) is 5.00. The van der Waals surface area contributed by atoms with Gasteiger partial charge in [-0.2, -0.15) is 0 Å². The smallest absolute Gasteiger partial charge is 0.321 e. The number of benzene rings is 2. The number of carbonyl (C=O) groups is 1. The number of halogens is 2. The monoisotopic (exact) mass is 336 g/mol. The molecule has 7 heteroatoms. The van der Waals surface area contributed by atoms with E-state index in [1.165, 1.54) is 11.9 Å². The molecule has 0 bridgehead atoms. The van der Waals surface area contributed by atoms with Crippen LogP contribution in [0.25, 0.3) is 0 Å². The Hall–Kier alpha value is -2.83. The third kappa shape index (κ3) is 4.84. The maximum Gasteiger partial charge on any atom is 0.321 e. The molecule has 128 valence electrons. The highest BCUT2D eigenvalue weighted by atomic mass is 19.1. The fraction of sp³-hybridized carbons (Fsp3) is 0.235. The normalized spacial score (nSPS) is 10.2. The van der Waals surface area contributed by atoms with Crippen LogP contribution in [-0.4, -0.2) is 38.2 Å². The van der Waals surface area contributed by atoms with Gasteiger partial charge >= 0.3 is 6.03 Å². The highest BCUT2D eigenvalue weighted by Gasteiger charge is 2.12. The second kappa shape index (κ2) is 8.14. The quantitative estimate of drug-likeness (QED) is 0.878. The zero-order chi connectivity index (χ0) is 17.5. The molecule has 2 aromatic rings. The molecule has 0 unspecified atom stereocenters. The Labute approximate surface area is 138 Å². The van der Waals surface area contributed by atoms with Gasteiger partial charge in [0.25, 0.3) is 0 Å². The van der Waals surface area contributed by atoms with E-state index in [2.05, 4.69) is 5.32 Å². The molecular formula is C17H18F2N2O3. The molecule has 2 amide bonds. The Morgan fingerprint density at radius 2 is 1.79 bits per heavy atom. The lowest BCUT2D eigenvalue weighted by atomic mass is 10.3. The number of methoxy groups -OCH3 is 1. The van der Waals surface area contributed by atoms with Crippen LogP contribution in [0.1, 0.15) is 0 Å². The van der Waals surface area contributed by atoms with Crippen LogP contribution in [0.2, 0.25) is 0 Å². The van der Waals surface area contributed by atoms with E-state index in [0.29, 0.717) is 5.75 Å². The molecule has 24 heavy (non-hydrogen) atoms. The van der Waals surface area contributed by atoms with Gasteiger partial charge in [0.2, 0.25) is 0 Å². The molecule has 0 saturated carbocycles. The summed E-state index contributed by atoms with van der Waals surface area (Å²) < 4.78 is 37.1. The number of nitrogens with zero attached hydrogens (tertiary/aromatic N) is 1. The minimum Gasteiger partial charge on any atom is -0.497 e. The van der Waals surface area contributed by atoms with E-state index in [1.54, 1.807) is 31.4 Å². The Morgan fingerprint density at radius 3 is 2.46 bits per heavy atom. The van der Waals surface area contributed by atoms with Gasteiger partial charge in [-0.05, 0) is 36.4 Å². The number of hydrogen-bond acceptors (Lipinski definition) is 3. The SMILES string of the molecule is COc1ccc(OCCN(C)C(=O)Nc2cc(F)ccc2F)cc1. The molecule has 0 radical (unpaired) electrons. The third-order valence-electron chi connectivity index (χ3n) is 3.27. The first-order valence-corrected chi connectivity index (χ1v) is 7.23. The molecule has 0 saturated heterocycles. The van der Waals surface area contributed by atoms with Crippen molar-refractivity contribution in [2.45, 2.75) is 0 Å². The molecule has 0 heterocycles. The second-order valence-corrected chi connectivity index (χ2v) is 5.00. The topological polar surface area (TPSA) is 50.8 Å². The number of anilines is 1. The summed E-state index contributed by atoms with van der Waals surface area (Å²) in [6.07, 6.45) is 0.